The number of nitrogens with one attached hydrogen (secondary N) is 4. The number of hydroxylamine groups is 2. The Bertz CT molecular complexity index is 5140. The van der Waals surface area contributed by atoms with Gasteiger partial charge in [-0.2, -0.15) is 26.0 Å². The molecule has 1 fully saturated rings. The largest absolute Gasteiger partial charge is 1.00 e. The molecule has 6 amide bonds. The van der Waals surface area contributed by atoms with Gasteiger partial charge in [-0.15, -0.1) is 5.06 Å². The van der Waals surface area contributed by atoms with Crippen LogP contribution in [0.25, 0.3) is 34.4 Å². The number of ether oxygens (including phenoxy) is 1. The molecule has 32 heteroatoms. The SMILES string of the molecule is CCCN1C(=CC=C2C=C(C=Cc3oc4ccccc4[n+]3CC)CC(C(=O)NCCCCCC(=O)O)(C(=O)NCCS(=O)(=O)O)C2)C(C)(C)c2ccccc21.CCN1/C(=C/C=C2C=C(/C=C/c3oc4ccccc4[n+]3CC)CC(C(=O)NCCCCCC(=O)ON3C(=O)CCC3=O)(C(=O)NCCS(=O)(=O)O)C/2)Oc2ccccc21.[I-].[I-]. The number of unbranched alkanes of at least 4 members (excludes halogenated alkanes) is 4. The van der Waals surface area contributed by atoms with Crippen molar-refractivity contribution in [2.75, 3.05) is 60.6 Å². The fraction of sp³-hybridized carbons (Fsp3) is 0.405. The Hall–Kier alpha value is -9.62. The number of benzene rings is 4. The lowest BCUT2D eigenvalue weighted by molar-refractivity contribution is -0.674. The van der Waals surface area contributed by atoms with Crippen LogP contribution in [-0.4, -0.2) is 134 Å². The molecule has 0 saturated carbocycles. The summed E-state index contributed by atoms with van der Waals surface area (Å²) in [4.78, 5) is 113. The highest BCUT2D eigenvalue weighted by atomic mass is 127. The fourth-order valence-electron chi connectivity index (χ4n) is 14.9. The zero-order chi connectivity index (χ0) is 82.0. The van der Waals surface area contributed by atoms with Crippen molar-refractivity contribution in [1.82, 2.24) is 26.3 Å². The lowest BCUT2D eigenvalue weighted by atomic mass is 9.70. The van der Waals surface area contributed by atoms with E-state index in [9.17, 15) is 64.3 Å². The van der Waals surface area contributed by atoms with Gasteiger partial charge in [0.1, 0.15) is 23.9 Å². The Morgan fingerprint density at radius 3 is 1.48 bits per heavy atom. The summed E-state index contributed by atoms with van der Waals surface area (Å²) in [7, 11) is -8.79. The molecule has 28 nitrogen and oxygen atoms in total. The molecule has 116 heavy (non-hydrogen) atoms. The summed E-state index contributed by atoms with van der Waals surface area (Å²) in [5, 5.41) is 20.5. The van der Waals surface area contributed by atoms with Gasteiger partial charge < -0.3 is 103 Å². The maximum atomic E-state index is 14.4. The number of anilines is 2. The van der Waals surface area contributed by atoms with E-state index in [1.807, 2.05) is 150 Å². The van der Waals surface area contributed by atoms with Gasteiger partial charge in [0.2, 0.25) is 40.7 Å². The molecule has 2 aliphatic carbocycles. The molecule has 11 rings (SSSR count). The quantitative estimate of drug-likeness (QED) is 0.00719. The number of fused-ring (bicyclic) bond motifs is 4. The number of rotatable bonds is 34. The average Bonchev–Trinajstić information content (AvgIpc) is 1.61. The van der Waals surface area contributed by atoms with Crippen LogP contribution >= 0.6 is 0 Å². The Morgan fingerprint density at radius 2 is 1.00 bits per heavy atom. The minimum atomic E-state index is -4.42. The van der Waals surface area contributed by atoms with E-state index < -0.39 is 96.5 Å². The van der Waals surface area contributed by atoms with Crippen molar-refractivity contribution in [2.45, 2.75) is 156 Å². The van der Waals surface area contributed by atoms with Gasteiger partial charge in [0.05, 0.1) is 29.3 Å². The Labute approximate surface area is 709 Å². The number of para-hydroxylation sites is 7. The number of aryl methyl sites for hydroxylation is 2. The predicted octanol–water partition coefficient (Wildman–Crippen LogP) is 4.69. The number of oxazole rings is 2. The van der Waals surface area contributed by atoms with E-state index in [-0.39, 0.29) is 124 Å². The van der Waals surface area contributed by atoms with Crippen LogP contribution in [-0.2, 0) is 81.9 Å². The molecule has 1 saturated heterocycles. The zero-order valence-electron chi connectivity index (χ0n) is 65.9. The number of amides is 6. The summed E-state index contributed by atoms with van der Waals surface area (Å²) in [6.07, 6.45) is 22.3. The first kappa shape index (κ1) is 91.9. The molecular weight excluding hydrogens is 1760 g/mol. The maximum absolute atomic E-state index is 14.4. The van der Waals surface area contributed by atoms with Crippen LogP contribution in [0, 0.1) is 10.8 Å². The summed E-state index contributed by atoms with van der Waals surface area (Å²) in [6, 6.07) is 31.3. The minimum absolute atomic E-state index is 0. The smallest absolute Gasteiger partial charge is 0.374 e. The minimum Gasteiger partial charge on any atom is -1.00 e. The number of carbonyl (C=O) groups is 8. The molecule has 0 radical (unpaired) electrons. The second kappa shape index (κ2) is 41.5. The molecule has 6 aromatic rings. The van der Waals surface area contributed by atoms with Crippen molar-refractivity contribution in [3.05, 3.63) is 197 Å². The lowest BCUT2D eigenvalue weighted by Gasteiger charge is -2.35. The van der Waals surface area contributed by atoms with Gasteiger partial charge in [0.25, 0.3) is 43.1 Å². The van der Waals surface area contributed by atoms with E-state index in [0.717, 1.165) is 52.2 Å². The van der Waals surface area contributed by atoms with Crippen molar-refractivity contribution in [1.29, 1.82) is 0 Å². The number of aliphatic carboxylic acids is 1. The number of aromatic nitrogens is 2. The molecule has 622 valence electrons. The highest BCUT2D eigenvalue weighted by molar-refractivity contribution is 7.86. The molecule has 2 unspecified atom stereocenters. The van der Waals surface area contributed by atoms with E-state index in [4.69, 9.17) is 23.5 Å². The van der Waals surface area contributed by atoms with E-state index in [0.29, 0.717) is 109 Å². The number of hydrogen-bond donors (Lipinski definition) is 7. The Morgan fingerprint density at radius 1 is 0.543 bits per heavy atom. The van der Waals surface area contributed by atoms with Crippen LogP contribution in [0.5, 0.6) is 5.75 Å². The third-order valence-corrected chi connectivity index (χ3v) is 22.0. The third kappa shape index (κ3) is 23.0. The van der Waals surface area contributed by atoms with Crippen LogP contribution in [0.15, 0.2) is 188 Å². The van der Waals surface area contributed by atoms with E-state index >= 15 is 0 Å². The van der Waals surface area contributed by atoms with Crippen molar-refractivity contribution in [3.8, 4) is 5.75 Å². The van der Waals surface area contributed by atoms with E-state index in [1.54, 1.807) is 24.3 Å². The summed E-state index contributed by atoms with van der Waals surface area (Å²) in [6.45, 7) is 14.8. The van der Waals surface area contributed by atoms with Crippen LogP contribution in [0.4, 0.5) is 11.4 Å². The van der Waals surface area contributed by atoms with E-state index in [2.05, 4.69) is 65.1 Å². The van der Waals surface area contributed by atoms with Gasteiger partial charge in [0.15, 0.2) is 5.75 Å². The molecule has 3 aliphatic heterocycles. The molecular formula is C84H101I2N9O19S2. The molecule has 5 aliphatic rings. The van der Waals surface area contributed by atoms with Gasteiger partial charge in [-0.1, -0.05) is 113 Å². The highest BCUT2D eigenvalue weighted by Crippen LogP contribution is 2.49. The first-order valence-electron chi connectivity index (χ1n) is 38.7. The van der Waals surface area contributed by atoms with Crippen LogP contribution in [0.1, 0.15) is 155 Å². The van der Waals surface area contributed by atoms with Crippen LogP contribution in [0.2, 0.25) is 0 Å². The second-order valence-corrected chi connectivity index (χ2v) is 32.2. The van der Waals surface area contributed by atoms with Crippen molar-refractivity contribution in [2.24, 2.45) is 10.8 Å². The van der Waals surface area contributed by atoms with Crippen LogP contribution < -0.4 is 92.9 Å². The fourth-order valence-corrected chi connectivity index (χ4v) is 15.7. The van der Waals surface area contributed by atoms with Gasteiger partial charge in [0, 0.05) is 93.9 Å². The second-order valence-electron chi connectivity index (χ2n) is 29.1. The average molecular weight is 1860 g/mol. The summed E-state index contributed by atoms with van der Waals surface area (Å²) in [5.41, 5.74) is 6.46. The number of allylic oxidation sites excluding steroid dienone is 13. The number of nitrogens with zero attached hydrogens (tertiary/aromatic N) is 5. The summed E-state index contributed by atoms with van der Waals surface area (Å²) < 4.78 is 87.6. The topological polar surface area (TPSA) is 376 Å². The molecule has 4 aromatic carbocycles. The van der Waals surface area contributed by atoms with Gasteiger partial charge >= 0.3 is 23.7 Å². The van der Waals surface area contributed by atoms with E-state index in [1.165, 1.54) is 5.56 Å². The molecule has 2 aromatic heterocycles. The van der Waals surface area contributed by atoms with Gasteiger partial charge in [-0.3, -0.25) is 42.7 Å². The van der Waals surface area contributed by atoms with Crippen molar-refractivity contribution >= 4 is 113 Å². The Balaban J connectivity index is 0.000000286. The summed E-state index contributed by atoms with van der Waals surface area (Å²) in [5.74, 6) is -4.30. The normalized spacial score (nSPS) is 19.2. The maximum Gasteiger partial charge on any atom is 0.374 e. The number of hydrogen-bond acceptors (Lipinski definition) is 18. The molecule has 0 spiro atoms. The molecule has 0 bridgehead atoms. The first-order valence-corrected chi connectivity index (χ1v) is 41.9. The highest BCUT2D eigenvalue weighted by Gasteiger charge is 2.50. The van der Waals surface area contributed by atoms with Gasteiger partial charge in [-0.05, 0) is 161 Å². The molecule has 7 N–H and O–H groups in total. The monoisotopic (exact) mass is 1860 g/mol. The third-order valence-electron chi connectivity index (χ3n) is 20.6. The van der Waals surface area contributed by atoms with Crippen LogP contribution in [0.3, 0.4) is 0 Å². The van der Waals surface area contributed by atoms with Gasteiger partial charge in [-0.25, -0.2) is 4.79 Å². The number of carboxylic acids is 1. The standard InChI is InChI=1S/C42H47N5O11S.C42H52N4O8S.2HI/c1-3-45-31-12-7-9-14-33(31)56-37(45)21-17-29-26-30(18-22-38-46(4-2)32-13-8-10-15-34(32)57-38)28-42(27-29,41(52)44-24-25-59(53,54)55)40(51)43-23-11-5-6-16-39(50)58-47-35(48)19-20-36(47)49;1-5-25-46-33-15-10-9-14-32(33)41(3,4)36(46)21-19-30-27-31(20-22-37-45(6-2)34-16-11-12-17-35(34)54-37)29-42(28-30,40(50)44-24-26-55(51,52)53)39(49)43-23-13-7-8-18-38(47)48;;/h7-10,12-15,17-18,21-22,26H,3-6,11,16,19-20,23-25,27-28H2,1-2H3,(H2-,43,44,51,52,53,54,55);9-12,14-17,19-22,27H,5-8,13,18,23-26,28-29H2,1-4H3,(H3-,43,44,47,48,49,50,51,52,53);2*1H. The first-order chi connectivity index (χ1) is 54.5. The Kier molecular flexibility index (Phi) is 32.9. The van der Waals surface area contributed by atoms with Crippen molar-refractivity contribution in [3.63, 3.8) is 0 Å². The number of carboxylic acid groups (broad SMARTS) is 1. The number of imide groups is 1. The zero-order valence-corrected chi connectivity index (χ0v) is 71.8. The summed E-state index contributed by atoms with van der Waals surface area (Å²) >= 11 is 0. The molecule has 5 heterocycles. The predicted molar refractivity (Wildman–Crippen MR) is 428 cm³/mol. The lowest BCUT2D eigenvalue weighted by Crippen LogP contribution is -3.00. The number of carbonyl (C=O) groups excluding carboxylic acids is 7. The number of halogens is 2. The van der Waals surface area contributed by atoms with Crippen molar-refractivity contribution < 1.29 is 145 Å². The molecule has 2 atom stereocenters.